The summed E-state index contributed by atoms with van der Waals surface area (Å²) in [4.78, 5) is 12.1. The highest BCUT2D eigenvalue weighted by atomic mass is 79.9. The fourth-order valence-corrected chi connectivity index (χ4v) is 3.40. The SMILES string of the molecule is Cc1cc(C)c(NC(=O)CC2CCCNC2)c(Br)c1. The van der Waals surface area contributed by atoms with Gasteiger partial charge in [-0.2, -0.15) is 0 Å². The average molecular weight is 325 g/mol. The Bertz CT molecular complexity index is 444. The number of benzene rings is 1. The van der Waals surface area contributed by atoms with E-state index in [0.717, 1.165) is 35.2 Å². The number of carbonyl (C=O) groups excluding carboxylic acids is 1. The molecule has 2 N–H and O–H groups in total. The standard InChI is InChI=1S/C15H21BrN2O/c1-10-6-11(2)15(13(16)7-10)18-14(19)8-12-4-3-5-17-9-12/h6-7,12,17H,3-5,8-9H2,1-2H3,(H,18,19). The van der Waals surface area contributed by atoms with Crippen molar-refractivity contribution in [3.63, 3.8) is 0 Å². The van der Waals surface area contributed by atoms with Gasteiger partial charge in [-0.1, -0.05) is 6.07 Å². The molecule has 1 amide bonds. The minimum absolute atomic E-state index is 0.112. The monoisotopic (exact) mass is 324 g/mol. The van der Waals surface area contributed by atoms with Crippen LogP contribution in [0.5, 0.6) is 0 Å². The molecule has 1 atom stereocenters. The van der Waals surface area contributed by atoms with Crippen molar-refractivity contribution >= 4 is 27.5 Å². The fraction of sp³-hybridized carbons (Fsp3) is 0.533. The highest BCUT2D eigenvalue weighted by Crippen LogP contribution is 2.28. The maximum absolute atomic E-state index is 12.1. The minimum Gasteiger partial charge on any atom is -0.325 e. The Labute approximate surface area is 123 Å². The number of carbonyl (C=O) groups is 1. The van der Waals surface area contributed by atoms with Crippen molar-refractivity contribution in [1.82, 2.24) is 5.32 Å². The molecule has 1 saturated heterocycles. The third kappa shape index (κ3) is 4.05. The second-order valence-electron chi connectivity index (χ2n) is 5.40. The number of piperidine rings is 1. The van der Waals surface area contributed by atoms with E-state index < -0.39 is 0 Å². The van der Waals surface area contributed by atoms with E-state index in [9.17, 15) is 4.79 Å². The number of rotatable bonds is 3. The van der Waals surface area contributed by atoms with Crippen LogP contribution in [0.25, 0.3) is 0 Å². The van der Waals surface area contributed by atoms with E-state index >= 15 is 0 Å². The summed E-state index contributed by atoms with van der Waals surface area (Å²) in [5.41, 5.74) is 3.19. The van der Waals surface area contributed by atoms with Gasteiger partial charge < -0.3 is 10.6 Å². The molecule has 1 aliphatic rings. The Morgan fingerprint density at radius 3 is 2.89 bits per heavy atom. The van der Waals surface area contributed by atoms with Crippen LogP contribution in [0.4, 0.5) is 5.69 Å². The van der Waals surface area contributed by atoms with Gasteiger partial charge in [-0.25, -0.2) is 0 Å². The largest absolute Gasteiger partial charge is 0.325 e. The van der Waals surface area contributed by atoms with Crippen LogP contribution in [0.2, 0.25) is 0 Å². The summed E-state index contributed by atoms with van der Waals surface area (Å²) in [5, 5.41) is 6.38. The molecule has 1 heterocycles. The first-order chi connectivity index (χ1) is 9.06. The van der Waals surface area contributed by atoms with Gasteiger partial charge in [-0.05, 0) is 78.8 Å². The molecule has 0 aliphatic carbocycles. The Kier molecular flexibility index (Phi) is 4.99. The molecule has 0 spiro atoms. The van der Waals surface area contributed by atoms with Gasteiger partial charge in [0.25, 0.3) is 0 Å². The quantitative estimate of drug-likeness (QED) is 0.894. The smallest absolute Gasteiger partial charge is 0.224 e. The minimum atomic E-state index is 0.112. The van der Waals surface area contributed by atoms with Crippen LogP contribution in [-0.2, 0) is 4.79 Å². The van der Waals surface area contributed by atoms with Gasteiger partial charge in [0.2, 0.25) is 5.91 Å². The molecule has 4 heteroatoms. The highest BCUT2D eigenvalue weighted by Gasteiger charge is 2.17. The van der Waals surface area contributed by atoms with E-state index in [4.69, 9.17) is 0 Å². The molecule has 3 nitrogen and oxygen atoms in total. The fourth-order valence-electron chi connectivity index (χ4n) is 2.62. The van der Waals surface area contributed by atoms with Crippen molar-refractivity contribution in [2.45, 2.75) is 33.1 Å². The van der Waals surface area contributed by atoms with Crippen LogP contribution in [0.3, 0.4) is 0 Å². The number of anilines is 1. The number of nitrogens with one attached hydrogen (secondary N) is 2. The van der Waals surface area contributed by atoms with E-state index in [0.29, 0.717) is 12.3 Å². The predicted octanol–water partition coefficient (Wildman–Crippen LogP) is 3.39. The third-order valence-electron chi connectivity index (χ3n) is 3.57. The number of halogens is 1. The maximum atomic E-state index is 12.1. The Morgan fingerprint density at radius 1 is 1.47 bits per heavy atom. The van der Waals surface area contributed by atoms with Crippen molar-refractivity contribution in [2.75, 3.05) is 18.4 Å². The van der Waals surface area contributed by atoms with Crippen LogP contribution in [0.15, 0.2) is 16.6 Å². The van der Waals surface area contributed by atoms with E-state index in [-0.39, 0.29) is 5.91 Å². The molecular weight excluding hydrogens is 304 g/mol. The molecule has 2 rings (SSSR count). The summed E-state index contributed by atoms with van der Waals surface area (Å²) < 4.78 is 0.958. The second-order valence-corrected chi connectivity index (χ2v) is 6.26. The molecule has 1 aliphatic heterocycles. The zero-order valence-corrected chi connectivity index (χ0v) is 13.1. The van der Waals surface area contributed by atoms with Crippen LogP contribution >= 0.6 is 15.9 Å². The van der Waals surface area contributed by atoms with Crippen molar-refractivity contribution in [3.05, 3.63) is 27.7 Å². The lowest BCUT2D eigenvalue weighted by Crippen LogP contribution is -2.32. The molecule has 0 radical (unpaired) electrons. The molecule has 104 valence electrons. The van der Waals surface area contributed by atoms with Crippen LogP contribution in [0.1, 0.15) is 30.4 Å². The van der Waals surface area contributed by atoms with Crippen molar-refractivity contribution in [3.8, 4) is 0 Å². The zero-order chi connectivity index (χ0) is 13.8. The Balaban J connectivity index is 1.98. The number of hydrogen-bond donors (Lipinski definition) is 2. The molecule has 1 aromatic carbocycles. The zero-order valence-electron chi connectivity index (χ0n) is 11.6. The Hall–Kier alpha value is -0.870. The Morgan fingerprint density at radius 2 is 2.26 bits per heavy atom. The summed E-state index contributed by atoms with van der Waals surface area (Å²) in [6, 6.07) is 4.12. The molecular formula is C15H21BrN2O. The first-order valence-corrected chi connectivity index (χ1v) is 7.63. The van der Waals surface area contributed by atoms with E-state index in [1.807, 2.05) is 13.0 Å². The molecule has 1 fully saturated rings. The van der Waals surface area contributed by atoms with Gasteiger partial charge in [0, 0.05) is 10.9 Å². The van der Waals surface area contributed by atoms with Crippen LogP contribution in [-0.4, -0.2) is 19.0 Å². The number of hydrogen-bond acceptors (Lipinski definition) is 2. The molecule has 0 saturated carbocycles. The number of amides is 1. The van der Waals surface area contributed by atoms with Gasteiger partial charge in [0.1, 0.15) is 0 Å². The molecule has 0 bridgehead atoms. The van der Waals surface area contributed by atoms with Crippen molar-refractivity contribution in [1.29, 1.82) is 0 Å². The van der Waals surface area contributed by atoms with E-state index in [2.05, 4.69) is 39.6 Å². The van der Waals surface area contributed by atoms with Crippen molar-refractivity contribution < 1.29 is 4.79 Å². The maximum Gasteiger partial charge on any atom is 0.224 e. The van der Waals surface area contributed by atoms with Gasteiger partial charge in [0.15, 0.2) is 0 Å². The molecule has 1 aromatic rings. The van der Waals surface area contributed by atoms with E-state index in [1.54, 1.807) is 0 Å². The average Bonchev–Trinajstić information content (AvgIpc) is 2.35. The van der Waals surface area contributed by atoms with Gasteiger partial charge >= 0.3 is 0 Å². The van der Waals surface area contributed by atoms with Crippen LogP contribution in [0, 0.1) is 19.8 Å². The predicted molar refractivity (Wildman–Crippen MR) is 82.5 cm³/mol. The first-order valence-electron chi connectivity index (χ1n) is 6.83. The van der Waals surface area contributed by atoms with Crippen molar-refractivity contribution in [2.24, 2.45) is 5.92 Å². The summed E-state index contributed by atoms with van der Waals surface area (Å²) in [6.45, 7) is 6.12. The summed E-state index contributed by atoms with van der Waals surface area (Å²) in [7, 11) is 0. The van der Waals surface area contributed by atoms with Gasteiger partial charge in [0.05, 0.1) is 5.69 Å². The van der Waals surface area contributed by atoms with E-state index in [1.165, 1.54) is 12.0 Å². The molecule has 0 aromatic heterocycles. The summed E-state index contributed by atoms with van der Waals surface area (Å²) in [5.74, 6) is 0.583. The third-order valence-corrected chi connectivity index (χ3v) is 4.19. The second kappa shape index (κ2) is 6.53. The van der Waals surface area contributed by atoms with Gasteiger partial charge in [-0.15, -0.1) is 0 Å². The summed E-state index contributed by atoms with van der Waals surface area (Å²) in [6.07, 6.45) is 2.92. The highest BCUT2D eigenvalue weighted by molar-refractivity contribution is 9.10. The lowest BCUT2D eigenvalue weighted by Gasteiger charge is -2.22. The summed E-state index contributed by atoms with van der Waals surface area (Å²) >= 11 is 3.52. The molecule has 1 unspecified atom stereocenters. The number of aryl methyl sites for hydroxylation is 2. The topological polar surface area (TPSA) is 41.1 Å². The normalized spacial score (nSPS) is 19.2. The molecule has 19 heavy (non-hydrogen) atoms. The lowest BCUT2D eigenvalue weighted by atomic mass is 9.96. The first kappa shape index (κ1) is 14.5. The van der Waals surface area contributed by atoms with Crippen LogP contribution < -0.4 is 10.6 Å². The van der Waals surface area contributed by atoms with Gasteiger partial charge in [-0.3, -0.25) is 4.79 Å². The lowest BCUT2D eigenvalue weighted by molar-refractivity contribution is -0.117.